The zero-order chi connectivity index (χ0) is 13.7. The predicted molar refractivity (Wildman–Crippen MR) is 81.3 cm³/mol. The number of hydrogen-bond donors (Lipinski definition) is 1. The van der Waals surface area contributed by atoms with E-state index in [-0.39, 0.29) is 0 Å². The molecule has 0 amide bonds. The van der Waals surface area contributed by atoms with E-state index in [1.165, 1.54) is 0 Å². The zero-order valence-corrected chi connectivity index (χ0v) is 12.8. The first-order chi connectivity index (χ1) is 9.19. The van der Waals surface area contributed by atoms with Crippen LogP contribution in [0, 0.1) is 11.3 Å². The maximum atomic E-state index is 9.09. The molecule has 1 aliphatic heterocycles. The van der Waals surface area contributed by atoms with Gasteiger partial charge in [0.05, 0.1) is 11.3 Å². The van der Waals surface area contributed by atoms with Gasteiger partial charge in [-0.3, -0.25) is 4.90 Å². The second kappa shape index (κ2) is 6.90. The van der Waals surface area contributed by atoms with Crippen LogP contribution in [0.5, 0.6) is 0 Å². The summed E-state index contributed by atoms with van der Waals surface area (Å²) < 4.78 is 0.939. The summed E-state index contributed by atoms with van der Waals surface area (Å²) >= 11 is 3.38. The minimum Gasteiger partial charge on any atom is -0.383 e. The quantitative estimate of drug-likeness (QED) is 0.920. The number of likely N-dealkylation sites (N-methyl/N-ethyl adjacent to an activating group) is 1. The number of nitrogens with zero attached hydrogens (tertiary/aromatic N) is 3. The summed E-state index contributed by atoms with van der Waals surface area (Å²) in [6, 6.07) is 7.97. The molecule has 19 heavy (non-hydrogen) atoms. The summed E-state index contributed by atoms with van der Waals surface area (Å²) in [6.45, 7) is 6.44. The van der Waals surface area contributed by atoms with Crippen molar-refractivity contribution in [3.05, 3.63) is 28.2 Å². The molecule has 0 aliphatic carbocycles. The van der Waals surface area contributed by atoms with E-state index in [1.807, 2.05) is 18.2 Å². The molecule has 2 rings (SSSR count). The number of nitrogens with one attached hydrogen (secondary N) is 1. The molecule has 1 aromatic rings. The largest absolute Gasteiger partial charge is 0.383 e. The van der Waals surface area contributed by atoms with E-state index in [9.17, 15) is 0 Å². The molecule has 102 valence electrons. The molecular formula is C14H19BrN4. The van der Waals surface area contributed by atoms with Gasteiger partial charge in [0.1, 0.15) is 6.07 Å². The Morgan fingerprint density at radius 3 is 2.74 bits per heavy atom. The summed E-state index contributed by atoms with van der Waals surface area (Å²) in [5.74, 6) is 0. The highest BCUT2D eigenvalue weighted by atomic mass is 79.9. The summed E-state index contributed by atoms with van der Waals surface area (Å²) in [6.07, 6.45) is 0. The molecule has 0 spiro atoms. The molecule has 1 saturated heterocycles. The first kappa shape index (κ1) is 14.3. The van der Waals surface area contributed by atoms with Gasteiger partial charge in [0.2, 0.25) is 0 Å². The molecule has 1 aliphatic rings. The zero-order valence-electron chi connectivity index (χ0n) is 11.2. The van der Waals surface area contributed by atoms with Crippen molar-refractivity contribution < 1.29 is 0 Å². The minimum absolute atomic E-state index is 0.688. The third-order valence-corrected chi connectivity index (χ3v) is 3.93. The average molecular weight is 323 g/mol. The maximum absolute atomic E-state index is 9.09. The highest BCUT2D eigenvalue weighted by molar-refractivity contribution is 9.10. The third-order valence-electron chi connectivity index (χ3n) is 3.44. The van der Waals surface area contributed by atoms with Gasteiger partial charge in [-0.2, -0.15) is 5.26 Å². The lowest BCUT2D eigenvalue weighted by Gasteiger charge is -2.32. The van der Waals surface area contributed by atoms with E-state index in [4.69, 9.17) is 5.26 Å². The number of halogens is 1. The van der Waals surface area contributed by atoms with Crippen LogP contribution in [0.15, 0.2) is 22.7 Å². The lowest BCUT2D eigenvalue weighted by atomic mass is 10.2. The van der Waals surface area contributed by atoms with Crippen molar-refractivity contribution in [2.45, 2.75) is 0 Å². The number of rotatable bonds is 4. The van der Waals surface area contributed by atoms with Crippen LogP contribution >= 0.6 is 15.9 Å². The molecule has 1 aromatic carbocycles. The van der Waals surface area contributed by atoms with Gasteiger partial charge in [0, 0.05) is 43.7 Å². The number of piperazine rings is 1. The van der Waals surface area contributed by atoms with Gasteiger partial charge >= 0.3 is 0 Å². The summed E-state index contributed by atoms with van der Waals surface area (Å²) in [5, 5.41) is 12.4. The lowest BCUT2D eigenvalue weighted by Crippen LogP contribution is -2.45. The van der Waals surface area contributed by atoms with Crippen LogP contribution in [0.2, 0.25) is 0 Å². The Hall–Kier alpha value is -1.09. The van der Waals surface area contributed by atoms with Gasteiger partial charge in [0.25, 0.3) is 0 Å². The van der Waals surface area contributed by atoms with Crippen molar-refractivity contribution in [3.8, 4) is 6.07 Å². The molecule has 1 fully saturated rings. The van der Waals surface area contributed by atoms with Crippen LogP contribution in [-0.4, -0.2) is 56.1 Å². The Balaban J connectivity index is 1.81. The van der Waals surface area contributed by atoms with Crippen LogP contribution in [0.25, 0.3) is 0 Å². The predicted octanol–water partition coefficient (Wildman–Crippen LogP) is 1.98. The van der Waals surface area contributed by atoms with Crippen molar-refractivity contribution in [3.63, 3.8) is 0 Å². The molecule has 4 nitrogen and oxygen atoms in total. The fourth-order valence-corrected chi connectivity index (χ4v) is 2.54. The maximum Gasteiger partial charge on any atom is 0.101 e. The van der Waals surface area contributed by atoms with Gasteiger partial charge in [-0.25, -0.2) is 0 Å². The van der Waals surface area contributed by atoms with Crippen LogP contribution in [0.1, 0.15) is 5.56 Å². The fourth-order valence-electron chi connectivity index (χ4n) is 2.18. The molecular weight excluding hydrogens is 304 g/mol. The van der Waals surface area contributed by atoms with Crippen molar-refractivity contribution in [1.82, 2.24) is 9.80 Å². The van der Waals surface area contributed by atoms with E-state index >= 15 is 0 Å². The molecule has 5 heteroatoms. The van der Waals surface area contributed by atoms with E-state index in [1.54, 1.807) is 0 Å². The van der Waals surface area contributed by atoms with Crippen LogP contribution in [0.4, 0.5) is 5.69 Å². The summed E-state index contributed by atoms with van der Waals surface area (Å²) in [5.41, 5.74) is 1.60. The van der Waals surface area contributed by atoms with Gasteiger partial charge in [-0.15, -0.1) is 0 Å². The molecule has 1 heterocycles. The fraction of sp³-hybridized carbons (Fsp3) is 0.500. The Kier molecular flexibility index (Phi) is 5.20. The van der Waals surface area contributed by atoms with Crippen molar-refractivity contribution in [2.24, 2.45) is 0 Å². The Labute approximate surface area is 123 Å². The minimum atomic E-state index is 0.688. The molecule has 1 N–H and O–H groups in total. The van der Waals surface area contributed by atoms with Crippen molar-refractivity contribution >= 4 is 21.6 Å². The molecule has 0 bridgehead atoms. The van der Waals surface area contributed by atoms with Crippen LogP contribution in [0.3, 0.4) is 0 Å². The average Bonchev–Trinajstić information content (AvgIpc) is 2.42. The lowest BCUT2D eigenvalue weighted by molar-refractivity contribution is 0.158. The van der Waals surface area contributed by atoms with Crippen LogP contribution in [-0.2, 0) is 0 Å². The SMILES string of the molecule is CN1CCN(CCNc2ccc(Br)cc2C#N)CC1. The molecule has 0 aromatic heterocycles. The van der Waals surface area contributed by atoms with E-state index in [0.29, 0.717) is 5.56 Å². The van der Waals surface area contributed by atoms with Gasteiger partial charge in [-0.1, -0.05) is 15.9 Å². The third kappa shape index (κ3) is 4.20. The first-order valence-electron chi connectivity index (χ1n) is 6.53. The second-order valence-electron chi connectivity index (χ2n) is 4.87. The standard InChI is InChI=1S/C14H19BrN4/c1-18-6-8-19(9-7-18)5-4-17-14-3-2-13(15)10-12(14)11-16/h2-3,10,17H,4-9H2,1H3. The topological polar surface area (TPSA) is 42.3 Å². The summed E-state index contributed by atoms with van der Waals surface area (Å²) in [7, 11) is 2.16. The summed E-state index contributed by atoms with van der Waals surface area (Å²) in [4.78, 5) is 4.81. The highest BCUT2D eigenvalue weighted by Gasteiger charge is 2.13. The second-order valence-corrected chi connectivity index (χ2v) is 5.79. The molecule has 0 saturated carbocycles. The monoisotopic (exact) mass is 322 g/mol. The smallest absolute Gasteiger partial charge is 0.101 e. The van der Waals surface area contributed by atoms with E-state index < -0.39 is 0 Å². The highest BCUT2D eigenvalue weighted by Crippen LogP contribution is 2.20. The number of benzene rings is 1. The molecule has 0 atom stereocenters. The van der Waals surface area contributed by atoms with E-state index in [2.05, 4.69) is 44.2 Å². The number of anilines is 1. The van der Waals surface area contributed by atoms with Gasteiger partial charge in [0.15, 0.2) is 0 Å². The van der Waals surface area contributed by atoms with Gasteiger partial charge < -0.3 is 10.2 Å². The Morgan fingerprint density at radius 2 is 2.05 bits per heavy atom. The normalized spacial score (nSPS) is 17.1. The number of nitriles is 1. The van der Waals surface area contributed by atoms with Crippen molar-refractivity contribution in [2.75, 3.05) is 51.6 Å². The first-order valence-corrected chi connectivity index (χ1v) is 7.33. The number of hydrogen-bond acceptors (Lipinski definition) is 4. The molecule has 0 unspecified atom stereocenters. The van der Waals surface area contributed by atoms with E-state index in [0.717, 1.165) is 49.4 Å². The van der Waals surface area contributed by atoms with Crippen molar-refractivity contribution in [1.29, 1.82) is 5.26 Å². The van der Waals surface area contributed by atoms with Crippen LogP contribution < -0.4 is 5.32 Å². The Morgan fingerprint density at radius 1 is 1.32 bits per heavy atom. The van der Waals surface area contributed by atoms with Gasteiger partial charge in [-0.05, 0) is 25.2 Å². The molecule has 0 radical (unpaired) electrons. The Bertz CT molecular complexity index is 461.